The van der Waals surface area contributed by atoms with Crippen LogP contribution in [0.1, 0.15) is 39.0 Å². The van der Waals surface area contributed by atoms with Crippen molar-refractivity contribution in [3.63, 3.8) is 0 Å². The molecule has 0 aliphatic heterocycles. The molecule has 110 valence electrons. The number of hydrogen-bond acceptors (Lipinski definition) is 5. The molecule has 2 rings (SSSR count). The Bertz CT molecular complexity index is 479. The quantitative estimate of drug-likeness (QED) is 0.490. The summed E-state index contributed by atoms with van der Waals surface area (Å²) >= 11 is 0. The van der Waals surface area contributed by atoms with Crippen LogP contribution in [-0.4, -0.2) is 11.0 Å². The van der Waals surface area contributed by atoms with E-state index in [1.54, 1.807) is 6.07 Å². The fraction of sp³-hybridized carbons (Fsp3) is 0.571. The maximum Gasteiger partial charge on any atom is 0.275 e. The fourth-order valence-corrected chi connectivity index (χ4v) is 2.81. The molecule has 0 spiro atoms. The van der Waals surface area contributed by atoms with Gasteiger partial charge in [0.15, 0.2) is 0 Å². The first-order valence-corrected chi connectivity index (χ1v) is 7.06. The third-order valence-corrected chi connectivity index (χ3v) is 3.92. The molecule has 20 heavy (non-hydrogen) atoms. The molecule has 2 atom stereocenters. The number of hydrazine groups is 1. The van der Waals surface area contributed by atoms with E-state index in [9.17, 15) is 10.1 Å². The standard InChI is InChI=1S/C14H21N3O3/c1-2-10-5-3-4-6-14(10)20-13-8-11(16-15)7-12(9-13)17(18)19/h7-10,14,16H,2-6,15H2,1H3. The number of non-ortho nitro benzene ring substituents is 1. The van der Waals surface area contributed by atoms with Crippen molar-refractivity contribution in [3.8, 4) is 5.75 Å². The lowest BCUT2D eigenvalue weighted by atomic mass is 9.85. The molecule has 0 heterocycles. The van der Waals surface area contributed by atoms with Gasteiger partial charge in [0.2, 0.25) is 0 Å². The zero-order chi connectivity index (χ0) is 14.5. The number of nitrogen functional groups attached to an aromatic ring is 1. The lowest BCUT2D eigenvalue weighted by Gasteiger charge is -2.31. The molecule has 1 fully saturated rings. The van der Waals surface area contributed by atoms with Crippen LogP contribution >= 0.6 is 0 Å². The van der Waals surface area contributed by atoms with E-state index in [-0.39, 0.29) is 11.8 Å². The van der Waals surface area contributed by atoms with Gasteiger partial charge in [0.25, 0.3) is 5.69 Å². The molecule has 6 heteroatoms. The van der Waals surface area contributed by atoms with Gasteiger partial charge in [-0.2, -0.15) is 0 Å². The fourth-order valence-electron chi connectivity index (χ4n) is 2.81. The van der Waals surface area contributed by atoms with Gasteiger partial charge in [-0.25, -0.2) is 0 Å². The van der Waals surface area contributed by atoms with Crippen LogP contribution in [0.25, 0.3) is 0 Å². The molecule has 1 aromatic rings. The molecule has 3 N–H and O–H groups in total. The molecule has 0 saturated heterocycles. The summed E-state index contributed by atoms with van der Waals surface area (Å²) in [4.78, 5) is 10.5. The van der Waals surface area contributed by atoms with E-state index in [1.807, 2.05) is 0 Å². The molecule has 6 nitrogen and oxygen atoms in total. The maximum absolute atomic E-state index is 10.9. The Morgan fingerprint density at radius 3 is 2.80 bits per heavy atom. The number of ether oxygens (including phenoxy) is 1. The molecule has 1 aromatic carbocycles. The number of nitrogens with two attached hydrogens (primary N) is 1. The minimum absolute atomic E-state index is 0.0145. The van der Waals surface area contributed by atoms with E-state index in [2.05, 4.69) is 12.3 Å². The molecule has 0 aromatic heterocycles. The first-order valence-electron chi connectivity index (χ1n) is 7.06. The molecule has 0 radical (unpaired) electrons. The molecular formula is C14H21N3O3. The summed E-state index contributed by atoms with van der Waals surface area (Å²) in [5, 5.41) is 10.9. The van der Waals surface area contributed by atoms with Crippen molar-refractivity contribution < 1.29 is 9.66 Å². The number of hydrogen-bond donors (Lipinski definition) is 2. The van der Waals surface area contributed by atoms with E-state index in [0.29, 0.717) is 17.4 Å². The van der Waals surface area contributed by atoms with E-state index in [0.717, 1.165) is 25.7 Å². The maximum atomic E-state index is 10.9. The van der Waals surface area contributed by atoms with Crippen LogP contribution in [0.2, 0.25) is 0 Å². The predicted molar refractivity (Wildman–Crippen MR) is 77.6 cm³/mol. The van der Waals surface area contributed by atoms with Crippen LogP contribution in [0.3, 0.4) is 0 Å². The molecular weight excluding hydrogens is 258 g/mol. The highest BCUT2D eigenvalue weighted by Gasteiger charge is 2.25. The van der Waals surface area contributed by atoms with Crippen molar-refractivity contribution >= 4 is 11.4 Å². The first kappa shape index (κ1) is 14.6. The first-order chi connectivity index (χ1) is 9.63. The summed E-state index contributed by atoms with van der Waals surface area (Å²) in [6.45, 7) is 2.16. The molecule has 0 amide bonds. The van der Waals surface area contributed by atoms with Gasteiger partial charge in [-0.3, -0.25) is 16.0 Å². The van der Waals surface area contributed by atoms with Crippen LogP contribution in [0.5, 0.6) is 5.75 Å². The van der Waals surface area contributed by atoms with Gasteiger partial charge < -0.3 is 10.2 Å². The Balaban J connectivity index is 2.18. The monoisotopic (exact) mass is 279 g/mol. The zero-order valence-corrected chi connectivity index (χ0v) is 11.7. The third-order valence-electron chi connectivity index (χ3n) is 3.92. The summed E-state index contributed by atoms with van der Waals surface area (Å²) in [5.41, 5.74) is 2.91. The van der Waals surface area contributed by atoms with E-state index >= 15 is 0 Å². The third kappa shape index (κ3) is 3.39. The van der Waals surface area contributed by atoms with E-state index in [1.165, 1.54) is 18.6 Å². The molecule has 1 aliphatic carbocycles. The lowest BCUT2D eigenvalue weighted by Crippen LogP contribution is -2.29. The average Bonchev–Trinajstić information content (AvgIpc) is 2.47. The molecule has 2 unspecified atom stereocenters. The van der Waals surface area contributed by atoms with Gasteiger partial charge in [-0.1, -0.05) is 13.3 Å². The number of rotatable bonds is 5. The number of nitro groups is 1. The molecule has 1 aliphatic rings. The minimum Gasteiger partial charge on any atom is -0.490 e. The lowest BCUT2D eigenvalue weighted by molar-refractivity contribution is -0.384. The summed E-state index contributed by atoms with van der Waals surface area (Å²) in [6, 6.07) is 4.56. The van der Waals surface area contributed by atoms with Gasteiger partial charge in [-0.05, 0) is 31.6 Å². The van der Waals surface area contributed by atoms with Gasteiger partial charge in [0.05, 0.1) is 16.7 Å². The Hall–Kier alpha value is -1.82. The van der Waals surface area contributed by atoms with E-state index in [4.69, 9.17) is 10.6 Å². The highest BCUT2D eigenvalue weighted by atomic mass is 16.6. The topological polar surface area (TPSA) is 90.4 Å². The Kier molecular flexibility index (Phi) is 4.79. The van der Waals surface area contributed by atoms with Gasteiger partial charge in [-0.15, -0.1) is 0 Å². The second-order valence-corrected chi connectivity index (χ2v) is 5.23. The van der Waals surface area contributed by atoms with Gasteiger partial charge in [0.1, 0.15) is 11.9 Å². The van der Waals surface area contributed by atoms with Crippen molar-refractivity contribution in [3.05, 3.63) is 28.3 Å². The normalized spacial score (nSPS) is 22.3. The highest BCUT2D eigenvalue weighted by molar-refractivity contribution is 5.55. The minimum atomic E-state index is -0.439. The van der Waals surface area contributed by atoms with Crippen LogP contribution in [0.4, 0.5) is 11.4 Å². The predicted octanol–water partition coefficient (Wildman–Crippen LogP) is 3.23. The van der Waals surface area contributed by atoms with Crippen LogP contribution in [-0.2, 0) is 0 Å². The largest absolute Gasteiger partial charge is 0.490 e. The van der Waals surface area contributed by atoms with Crippen LogP contribution in [0.15, 0.2) is 18.2 Å². The Morgan fingerprint density at radius 1 is 1.40 bits per heavy atom. The van der Waals surface area contributed by atoms with Gasteiger partial charge in [0, 0.05) is 12.1 Å². The average molecular weight is 279 g/mol. The highest BCUT2D eigenvalue weighted by Crippen LogP contribution is 2.33. The second kappa shape index (κ2) is 6.56. The SMILES string of the molecule is CCC1CCCCC1Oc1cc(NN)cc([N+](=O)[O-])c1. The van der Waals surface area contributed by atoms with Crippen LogP contribution < -0.4 is 16.0 Å². The summed E-state index contributed by atoms with van der Waals surface area (Å²) in [6.07, 6.45) is 5.77. The number of nitrogens with zero attached hydrogens (tertiary/aromatic N) is 1. The number of anilines is 1. The molecule has 0 bridgehead atoms. The van der Waals surface area contributed by atoms with Gasteiger partial charge >= 0.3 is 0 Å². The van der Waals surface area contributed by atoms with Crippen molar-refractivity contribution in [1.82, 2.24) is 0 Å². The number of nitrogens with one attached hydrogen (secondary N) is 1. The summed E-state index contributed by atoms with van der Waals surface area (Å²) in [5.74, 6) is 6.38. The smallest absolute Gasteiger partial charge is 0.275 e. The van der Waals surface area contributed by atoms with E-state index < -0.39 is 4.92 Å². The van der Waals surface area contributed by atoms with Crippen LogP contribution in [0, 0.1) is 16.0 Å². The molecule has 1 saturated carbocycles. The zero-order valence-electron chi connectivity index (χ0n) is 11.7. The summed E-state index contributed by atoms with van der Waals surface area (Å²) < 4.78 is 5.99. The summed E-state index contributed by atoms with van der Waals surface area (Å²) in [7, 11) is 0. The van der Waals surface area contributed by atoms with Crippen molar-refractivity contribution in [1.29, 1.82) is 0 Å². The van der Waals surface area contributed by atoms with Crippen molar-refractivity contribution in [2.45, 2.75) is 45.1 Å². The van der Waals surface area contributed by atoms with Crippen molar-refractivity contribution in [2.24, 2.45) is 11.8 Å². The number of nitro benzene ring substituents is 1. The Labute approximate surface area is 118 Å². The second-order valence-electron chi connectivity index (χ2n) is 5.23. The van der Waals surface area contributed by atoms with Crippen molar-refractivity contribution in [2.75, 3.05) is 5.43 Å². The Morgan fingerprint density at radius 2 is 2.15 bits per heavy atom. The number of benzene rings is 1.